The van der Waals surface area contributed by atoms with Crippen LogP contribution in [0.4, 0.5) is 17.1 Å². The van der Waals surface area contributed by atoms with Gasteiger partial charge in [-0.15, -0.1) is 5.11 Å². The van der Waals surface area contributed by atoms with E-state index in [2.05, 4.69) is 19.7 Å². The summed E-state index contributed by atoms with van der Waals surface area (Å²) < 4.78 is 91.4. The van der Waals surface area contributed by atoms with E-state index in [1.807, 2.05) is 0 Å². The molecule has 0 aliphatic heterocycles. The van der Waals surface area contributed by atoms with Crippen LogP contribution in [0.15, 0.2) is 62.5 Å². The number of sulfone groups is 1. The molecule has 35 heavy (non-hydrogen) atoms. The number of hydrogen-bond donors (Lipinski definition) is 4. The molecule has 0 saturated heterocycles. The van der Waals surface area contributed by atoms with Crippen molar-refractivity contribution in [2.45, 2.75) is 16.7 Å². The lowest BCUT2D eigenvalue weighted by atomic mass is 10.0. The fraction of sp³-hybridized carbons (Fsp3) is 0.158. The third-order valence-corrected chi connectivity index (χ3v) is 7.51. The van der Waals surface area contributed by atoms with Crippen LogP contribution in [-0.2, 0) is 34.5 Å². The Hall–Kier alpha value is -3.15. The Morgan fingerprint density at radius 1 is 0.943 bits per heavy atom. The average molecular weight is 546 g/mol. The molecule has 0 aliphatic rings. The number of benzene rings is 3. The molecular formula is C19H19N3O10S3. The Labute approximate surface area is 200 Å². The smallest absolute Gasteiger partial charge is 0.398 e. The van der Waals surface area contributed by atoms with Crippen molar-refractivity contribution in [1.29, 1.82) is 0 Å². The third-order valence-electron chi connectivity index (χ3n) is 4.66. The molecule has 0 amide bonds. The number of azo groups is 1. The van der Waals surface area contributed by atoms with E-state index in [1.165, 1.54) is 0 Å². The van der Waals surface area contributed by atoms with Crippen molar-refractivity contribution in [2.75, 3.05) is 18.3 Å². The molecule has 0 saturated carbocycles. The summed E-state index contributed by atoms with van der Waals surface area (Å²) in [5.41, 5.74) is 0.711. The molecule has 16 heteroatoms. The Morgan fingerprint density at radius 3 is 2.11 bits per heavy atom. The van der Waals surface area contributed by atoms with Gasteiger partial charge in [-0.25, -0.2) is 12.6 Å². The second-order valence-corrected chi connectivity index (χ2v) is 11.6. The first-order valence-electron chi connectivity index (χ1n) is 9.44. The lowest BCUT2D eigenvalue weighted by Crippen LogP contribution is -2.14. The minimum atomic E-state index is -4.97. The lowest BCUT2D eigenvalue weighted by molar-refractivity contribution is 0.306. The van der Waals surface area contributed by atoms with Crippen LogP contribution in [0.25, 0.3) is 10.8 Å². The number of phenolic OH excluding ortho intramolecular Hbond substituents is 1. The van der Waals surface area contributed by atoms with E-state index in [9.17, 15) is 34.9 Å². The number of anilines is 1. The number of aromatic hydroxyl groups is 1. The van der Waals surface area contributed by atoms with Gasteiger partial charge >= 0.3 is 10.4 Å². The van der Waals surface area contributed by atoms with Gasteiger partial charge in [-0.3, -0.25) is 9.11 Å². The summed E-state index contributed by atoms with van der Waals surface area (Å²) in [6, 6.07) is 8.87. The highest BCUT2D eigenvalue weighted by atomic mass is 32.3. The molecule has 188 valence electrons. The zero-order valence-corrected chi connectivity index (χ0v) is 20.5. The highest BCUT2D eigenvalue weighted by Gasteiger charge is 2.24. The Bertz CT molecular complexity index is 1650. The molecule has 4 N–H and O–H groups in total. The Kier molecular flexibility index (Phi) is 7.16. The fourth-order valence-corrected chi connectivity index (χ4v) is 5.49. The number of rotatable bonds is 8. The normalized spacial score (nSPS) is 12.9. The van der Waals surface area contributed by atoms with Crippen molar-refractivity contribution in [3.8, 4) is 5.75 Å². The molecule has 0 heterocycles. The monoisotopic (exact) mass is 545 g/mol. The highest BCUT2D eigenvalue weighted by molar-refractivity contribution is 7.92. The van der Waals surface area contributed by atoms with E-state index >= 15 is 0 Å². The van der Waals surface area contributed by atoms with Gasteiger partial charge in [0, 0.05) is 18.1 Å². The van der Waals surface area contributed by atoms with Crippen LogP contribution < -0.4 is 5.32 Å². The molecule has 0 aliphatic carbocycles. The van der Waals surface area contributed by atoms with Crippen LogP contribution in [0, 0.1) is 6.92 Å². The number of phenols is 1. The van der Waals surface area contributed by atoms with E-state index in [4.69, 9.17) is 4.55 Å². The molecule has 0 fully saturated rings. The number of nitrogens with zero attached hydrogens (tertiary/aromatic N) is 2. The predicted molar refractivity (Wildman–Crippen MR) is 125 cm³/mol. The highest BCUT2D eigenvalue weighted by Crippen LogP contribution is 2.44. The molecule has 0 atom stereocenters. The maximum absolute atomic E-state index is 12.1. The molecule has 3 aromatic rings. The first-order chi connectivity index (χ1) is 16.1. The molecule has 0 radical (unpaired) electrons. The number of nitrogens with one attached hydrogen (secondary N) is 1. The van der Waals surface area contributed by atoms with E-state index in [-0.39, 0.29) is 16.0 Å². The summed E-state index contributed by atoms with van der Waals surface area (Å²) in [4.78, 5) is -1.05. The zero-order valence-electron chi connectivity index (χ0n) is 18.1. The fourth-order valence-electron chi connectivity index (χ4n) is 3.15. The van der Waals surface area contributed by atoms with Crippen molar-refractivity contribution < 1.29 is 43.6 Å². The first kappa shape index (κ1) is 26.5. The maximum Gasteiger partial charge on any atom is 0.398 e. The summed E-state index contributed by atoms with van der Waals surface area (Å²) in [6.45, 7) is 1.76. The number of fused-ring (bicyclic) bond motifs is 1. The van der Waals surface area contributed by atoms with Crippen LogP contribution in [0.2, 0.25) is 0 Å². The SMILES string of the molecule is CNc1cc(C)cc2cc(S(=O)(=O)O)c(N=Nc3ccc(S(=O)(=O)COS(=O)(=O)O)cc3)c(O)c12. The van der Waals surface area contributed by atoms with Gasteiger partial charge in [-0.1, -0.05) is 6.07 Å². The number of hydrogen-bond acceptors (Lipinski definition) is 11. The lowest BCUT2D eigenvalue weighted by Gasteiger charge is -2.13. The molecule has 0 aromatic heterocycles. The first-order valence-corrected chi connectivity index (χ1v) is 13.9. The molecule has 0 spiro atoms. The van der Waals surface area contributed by atoms with Gasteiger partial charge in [0.2, 0.25) is 9.84 Å². The van der Waals surface area contributed by atoms with Gasteiger partial charge in [-0.2, -0.15) is 21.9 Å². The summed E-state index contributed by atoms with van der Waals surface area (Å²) in [5, 5.41) is 21.8. The zero-order chi connectivity index (χ0) is 26.2. The minimum Gasteiger partial charge on any atom is -0.505 e. The van der Waals surface area contributed by atoms with E-state index in [1.54, 1.807) is 26.1 Å². The van der Waals surface area contributed by atoms with E-state index in [0.717, 1.165) is 35.9 Å². The van der Waals surface area contributed by atoms with Gasteiger partial charge in [-0.05, 0) is 54.3 Å². The van der Waals surface area contributed by atoms with Crippen molar-refractivity contribution in [2.24, 2.45) is 10.2 Å². The second kappa shape index (κ2) is 9.48. The van der Waals surface area contributed by atoms with Crippen LogP contribution >= 0.6 is 0 Å². The van der Waals surface area contributed by atoms with Gasteiger partial charge in [0.05, 0.1) is 10.6 Å². The second-order valence-electron chi connectivity index (χ2n) is 7.18. The van der Waals surface area contributed by atoms with E-state index < -0.39 is 52.6 Å². The maximum atomic E-state index is 12.1. The van der Waals surface area contributed by atoms with Gasteiger partial charge < -0.3 is 10.4 Å². The van der Waals surface area contributed by atoms with Crippen molar-refractivity contribution in [1.82, 2.24) is 0 Å². The molecule has 3 aromatic carbocycles. The molecule has 13 nitrogen and oxygen atoms in total. The molecular weight excluding hydrogens is 526 g/mol. The quantitative estimate of drug-likeness (QED) is 0.239. The topological polar surface area (TPSA) is 209 Å². The van der Waals surface area contributed by atoms with Gasteiger partial charge in [0.1, 0.15) is 10.6 Å². The average Bonchev–Trinajstić information content (AvgIpc) is 2.75. The Morgan fingerprint density at radius 2 is 1.57 bits per heavy atom. The van der Waals surface area contributed by atoms with Crippen LogP contribution in [-0.4, -0.2) is 52.5 Å². The predicted octanol–water partition coefficient (Wildman–Crippen LogP) is 3.11. The minimum absolute atomic E-state index is 0.0261. The number of aryl methyl sites for hydroxylation is 1. The molecule has 3 rings (SSSR count). The van der Waals surface area contributed by atoms with Crippen molar-refractivity contribution in [3.05, 3.63) is 48.0 Å². The van der Waals surface area contributed by atoms with Crippen molar-refractivity contribution in [3.63, 3.8) is 0 Å². The van der Waals surface area contributed by atoms with E-state index in [0.29, 0.717) is 11.1 Å². The summed E-state index contributed by atoms with van der Waals surface area (Å²) >= 11 is 0. The van der Waals surface area contributed by atoms with Crippen LogP contribution in [0.5, 0.6) is 5.75 Å². The van der Waals surface area contributed by atoms with Gasteiger partial charge in [0.25, 0.3) is 10.1 Å². The summed E-state index contributed by atoms with van der Waals surface area (Å²) in [6.07, 6.45) is 0. The standard InChI is InChI=1S/C19H19N3O10S3/c1-11-7-12-9-16(34(26,27)28)18(19(23)17(12)15(8-11)20-2)22-21-13-3-5-14(6-4-13)33(24,25)10-32-35(29,30)31/h3-9,20,23H,10H2,1-2H3,(H,26,27,28)(H,29,30,31). The Balaban J connectivity index is 2.06. The molecule has 0 bridgehead atoms. The van der Waals surface area contributed by atoms with Crippen LogP contribution in [0.3, 0.4) is 0 Å². The summed E-state index contributed by atoms with van der Waals surface area (Å²) in [5.74, 6) is -1.90. The van der Waals surface area contributed by atoms with Crippen LogP contribution in [0.1, 0.15) is 5.56 Å². The molecule has 0 unspecified atom stereocenters. The largest absolute Gasteiger partial charge is 0.505 e. The summed E-state index contributed by atoms with van der Waals surface area (Å²) in [7, 11) is -12.4. The van der Waals surface area contributed by atoms with Crippen molar-refractivity contribution >= 4 is 58.2 Å². The van der Waals surface area contributed by atoms with Gasteiger partial charge in [0.15, 0.2) is 11.7 Å². The third kappa shape index (κ3) is 6.11.